The maximum Gasteiger partial charge on any atom is 0.219 e. The molecule has 0 bridgehead atoms. The fourth-order valence-electron chi connectivity index (χ4n) is 3.38. The van der Waals surface area contributed by atoms with Crippen molar-refractivity contribution in [1.29, 1.82) is 0 Å². The van der Waals surface area contributed by atoms with E-state index in [1.165, 1.54) is 4.31 Å². The Bertz CT molecular complexity index is 769. The molecule has 0 aliphatic carbocycles. The van der Waals surface area contributed by atoms with E-state index in [1.54, 1.807) is 26.3 Å². The molecule has 0 saturated carbocycles. The highest BCUT2D eigenvalue weighted by molar-refractivity contribution is 8.15. The summed E-state index contributed by atoms with van der Waals surface area (Å²) < 4.78 is 43.3. The van der Waals surface area contributed by atoms with Crippen LogP contribution < -0.4 is 4.74 Å². The van der Waals surface area contributed by atoms with Gasteiger partial charge >= 0.3 is 0 Å². The zero-order chi connectivity index (χ0) is 20.7. The van der Waals surface area contributed by atoms with Crippen molar-refractivity contribution in [3.63, 3.8) is 0 Å². The van der Waals surface area contributed by atoms with Gasteiger partial charge in [-0.3, -0.25) is 0 Å². The summed E-state index contributed by atoms with van der Waals surface area (Å²) in [5, 5.41) is -0.701. The lowest BCUT2D eigenvalue weighted by atomic mass is 9.95. The lowest BCUT2D eigenvalue weighted by Crippen LogP contribution is -2.30. The number of allylic oxidation sites excluding steroid dienone is 2. The van der Waals surface area contributed by atoms with E-state index in [4.69, 9.17) is 20.8 Å². The van der Waals surface area contributed by atoms with Crippen molar-refractivity contribution < 1.29 is 22.1 Å². The smallest absolute Gasteiger partial charge is 0.219 e. The summed E-state index contributed by atoms with van der Waals surface area (Å²) in [6, 6.07) is 3.79. The van der Waals surface area contributed by atoms with E-state index in [9.17, 15) is 8.42 Å². The average molecular weight is 423 g/mol. The first-order valence-corrected chi connectivity index (χ1v) is 11.2. The number of rotatable bonds is 11. The first-order chi connectivity index (χ1) is 13.4. The molecule has 1 aliphatic heterocycles. The molecule has 2 atom stereocenters. The first kappa shape index (κ1) is 23.0. The van der Waals surface area contributed by atoms with Gasteiger partial charge in [0.15, 0.2) is 6.79 Å². The molecule has 0 N–H and O–H groups in total. The molecule has 2 rings (SSSR count). The van der Waals surface area contributed by atoms with Crippen molar-refractivity contribution in [2.45, 2.75) is 30.6 Å². The van der Waals surface area contributed by atoms with Crippen LogP contribution in [-0.2, 0) is 31.8 Å². The van der Waals surface area contributed by atoms with Crippen molar-refractivity contribution >= 4 is 29.0 Å². The van der Waals surface area contributed by atoms with Gasteiger partial charge in [-0.25, -0.2) is 12.7 Å². The Morgan fingerprint density at radius 2 is 1.93 bits per heavy atom. The third-order valence-electron chi connectivity index (χ3n) is 4.69. The van der Waals surface area contributed by atoms with E-state index in [2.05, 4.69) is 13.2 Å². The summed E-state index contributed by atoms with van der Waals surface area (Å²) >= 11 is 0.675. The zero-order valence-electron chi connectivity index (χ0n) is 16.3. The van der Waals surface area contributed by atoms with Gasteiger partial charge in [0.05, 0.1) is 0 Å². The van der Waals surface area contributed by atoms with Gasteiger partial charge < -0.3 is 13.7 Å². The molecular weight excluding hydrogens is 397 g/mol. The highest BCUT2D eigenvalue weighted by Crippen LogP contribution is 2.39. The number of benzene rings is 1. The Labute approximate surface area is 173 Å². The monoisotopic (exact) mass is 423 g/mol. The number of hydrogen-bond donors (Lipinski definition) is 0. The molecule has 2 unspecified atom stereocenters. The second-order valence-electron chi connectivity index (χ2n) is 6.51. The lowest BCUT2D eigenvalue weighted by molar-refractivity contribution is 0.0498. The fraction of sp³-hybridized carbons (Fsp3) is 0.474. The van der Waals surface area contributed by atoms with Gasteiger partial charge in [0.1, 0.15) is 17.1 Å². The molecule has 1 aliphatic rings. The van der Waals surface area contributed by atoms with Crippen molar-refractivity contribution in [3.05, 3.63) is 54.1 Å². The summed E-state index contributed by atoms with van der Waals surface area (Å²) in [4.78, 5) is 0. The highest BCUT2D eigenvalue weighted by Gasteiger charge is 2.43. The van der Waals surface area contributed by atoms with Gasteiger partial charge in [0.25, 0.3) is 0 Å². The molecule has 0 spiro atoms. The molecule has 28 heavy (non-hydrogen) atoms. The third-order valence-corrected chi connectivity index (χ3v) is 7.30. The molecule has 2 radical (unpaired) electrons. The van der Waals surface area contributed by atoms with E-state index in [0.717, 1.165) is 16.7 Å². The van der Waals surface area contributed by atoms with Crippen molar-refractivity contribution in [1.82, 2.24) is 4.31 Å². The first-order valence-electron chi connectivity index (χ1n) is 8.87. The van der Waals surface area contributed by atoms with Crippen LogP contribution in [0.1, 0.15) is 29.2 Å². The summed E-state index contributed by atoms with van der Waals surface area (Å²) in [6.45, 7) is 8.18. The van der Waals surface area contributed by atoms with E-state index >= 15 is 0 Å². The largest absolute Gasteiger partial charge is 0.467 e. The van der Waals surface area contributed by atoms with Crippen LogP contribution in [0.5, 0.6) is 5.75 Å². The normalized spacial score (nSPS) is 20.0. The summed E-state index contributed by atoms with van der Waals surface area (Å²) in [5.41, 5.74) is 2.49. The minimum Gasteiger partial charge on any atom is -0.467 e. The molecule has 9 heteroatoms. The van der Waals surface area contributed by atoms with Gasteiger partial charge in [-0.1, -0.05) is 24.0 Å². The van der Waals surface area contributed by atoms with Gasteiger partial charge in [-0.15, -0.1) is 13.2 Å². The predicted molar refractivity (Wildman–Crippen MR) is 114 cm³/mol. The van der Waals surface area contributed by atoms with Gasteiger partial charge in [0.2, 0.25) is 17.1 Å². The van der Waals surface area contributed by atoms with Crippen LogP contribution in [0.2, 0.25) is 0 Å². The molecule has 1 saturated heterocycles. The molecule has 0 amide bonds. The van der Waals surface area contributed by atoms with Crippen LogP contribution in [0.15, 0.2) is 37.4 Å². The van der Waals surface area contributed by atoms with Gasteiger partial charge in [-0.05, 0) is 48.1 Å². The third kappa shape index (κ3) is 5.01. The lowest BCUT2D eigenvalue weighted by Gasteiger charge is -2.25. The molecule has 1 fully saturated rings. The minimum absolute atomic E-state index is 0.105. The van der Waals surface area contributed by atoms with Crippen molar-refractivity contribution in [2.75, 3.05) is 27.5 Å². The highest BCUT2D eigenvalue weighted by atomic mass is 32.2. The molecule has 1 heterocycles. The number of sulfonamides is 1. The number of methoxy groups -OCH3 is 1. The van der Waals surface area contributed by atoms with Crippen LogP contribution in [0.4, 0.5) is 0 Å². The van der Waals surface area contributed by atoms with Crippen molar-refractivity contribution in [3.8, 4) is 5.75 Å². The van der Waals surface area contributed by atoms with Crippen LogP contribution >= 0.6 is 11.9 Å². The number of nitrogens with zero attached hydrogens (tertiary/aromatic N) is 1. The maximum absolute atomic E-state index is 12.7. The quantitative estimate of drug-likeness (QED) is 0.236. The Morgan fingerprint density at radius 1 is 1.32 bits per heavy atom. The van der Waals surface area contributed by atoms with Crippen molar-refractivity contribution in [2.24, 2.45) is 0 Å². The number of hydrogen-bond acceptors (Lipinski definition) is 6. The zero-order valence-corrected chi connectivity index (χ0v) is 17.9. The Morgan fingerprint density at radius 3 is 2.36 bits per heavy atom. The van der Waals surface area contributed by atoms with Crippen LogP contribution in [0, 0.1) is 0 Å². The average Bonchev–Trinajstić information content (AvgIpc) is 2.92. The van der Waals surface area contributed by atoms with E-state index in [1.807, 2.05) is 12.1 Å². The standard InChI is InChI=1S/C19H26BNO5S2/c1-5-7-14-11-16(12-15(8-6-2)18(14)25-13-24-4)19(26-27-20)17-9-10-21(3)28(17,22)23/h5-6,11-12,17,19H,1-2,7-10,13H2,3-4H3. The summed E-state index contributed by atoms with van der Waals surface area (Å²) in [6.07, 6.45) is 4.41. The Balaban J connectivity index is 2.56. The predicted octanol–water partition coefficient (Wildman–Crippen LogP) is 2.95. The van der Waals surface area contributed by atoms with Crippen LogP contribution in [-0.4, -0.2) is 52.6 Å². The summed E-state index contributed by atoms with van der Waals surface area (Å²) in [7, 11) is 5.23. The number of ether oxygens (including phenoxy) is 2. The molecule has 1 aromatic carbocycles. The molecule has 1 aromatic rings. The molecule has 6 nitrogen and oxygen atoms in total. The second kappa shape index (κ2) is 10.5. The van der Waals surface area contributed by atoms with E-state index in [0.29, 0.717) is 43.5 Å². The van der Waals surface area contributed by atoms with E-state index < -0.39 is 21.4 Å². The van der Waals surface area contributed by atoms with Crippen LogP contribution in [0.3, 0.4) is 0 Å². The minimum atomic E-state index is -3.46. The Hall–Kier alpha value is -1.26. The van der Waals surface area contributed by atoms with Crippen LogP contribution in [0.25, 0.3) is 0 Å². The SMILES string of the molecule is [B]SOC(c1cc(CC=C)c(OCOC)c(CC=C)c1)C1CCN(C)S1(=O)=O. The van der Waals surface area contributed by atoms with Gasteiger partial charge in [0, 0.05) is 20.7 Å². The summed E-state index contributed by atoms with van der Waals surface area (Å²) in [5.74, 6) is 0.691. The van der Waals surface area contributed by atoms with E-state index in [-0.39, 0.29) is 6.79 Å². The Kier molecular flexibility index (Phi) is 8.64. The topological polar surface area (TPSA) is 65.1 Å². The molecule has 152 valence electrons. The van der Waals surface area contributed by atoms with Gasteiger partial charge in [-0.2, -0.15) is 0 Å². The maximum atomic E-state index is 12.7. The molecule has 0 aromatic heterocycles. The second-order valence-corrected chi connectivity index (χ2v) is 9.16. The fourth-order valence-corrected chi connectivity index (χ4v) is 5.56. The molecular formula is C19H26BNO5S2.